The lowest BCUT2D eigenvalue weighted by Gasteiger charge is -2.05. The summed E-state index contributed by atoms with van der Waals surface area (Å²) in [6.45, 7) is -0.313. The zero-order chi connectivity index (χ0) is 15.2. The number of thioether (sulfide) groups is 1. The highest BCUT2D eigenvalue weighted by Crippen LogP contribution is 2.28. The highest BCUT2D eigenvalue weighted by molar-refractivity contribution is 8.00. The molecule has 0 heterocycles. The summed E-state index contributed by atoms with van der Waals surface area (Å²) in [5, 5.41) is 13.5. The van der Waals surface area contributed by atoms with Gasteiger partial charge in [0.15, 0.2) is 6.61 Å². The van der Waals surface area contributed by atoms with Gasteiger partial charge in [-0.3, -0.25) is 19.7 Å². The fourth-order valence-electron chi connectivity index (χ4n) is 1.55. The number of esters is 1. The second-order valence-corrected chi connectivity index (χ2v) is 5.53. The van der Waals surface area contributed by atoms with Gasteiger partial charge in [-0.2, -0.15) is 0 Å². The Bertz CT molecular complexity index is 559. The molecule has 1 fully saturated rings. The van der Waals surface area contributed by atoms with Gasteiger partial charge in [0.2, 0.25) is 0 Å². The second-order valence-electron chi connectivity index (χ2n) is 4.52. The minimum Gasteiger partial charge on any atom is -0.455 e. The van der Waals surface area contributed by atoms with Crippen molar-refractivity contribution in [2.24, 2.45) is 0 Å². The highest BCUT2D eigenvalue weighted by atomic mass is 32.2. The van der Waals surface area contributed by atoms with Crippen LogP contribution in [0.15, 0.2) is 29.2 Å². The first kappa shape index (κ1) is 15.3. The van der Waals surface area contributed by atoms with Crippen molar-refractivity contribution in [3.05, 3.63) is 34.4 Å². The molecule has 2 rings (SSSR count). The van der Waals surface area contributed by atoms with Crippen LogP contribution in [0.3, 0.4) is 0 Å². The monoisotopic (exact) mass is 310 g/mol. The van der Waals surface area contributed by atoms with Crippen molar-refractivity contribution in [2.45, 2.75) is 23.8 Å². The fraction of sp³-hybridized carbons (Fsp3) is 0.385. The van der Waals surface area contributed by atoms with E-state index in [1.54, 1.807) is 18.2 Å². The third kappa shape index (κ3) is 5.07. The summed E-state index contributed by atoms with van der Waals surface area (Å²) in [5.41, 5.74) is -0.0539. The van der Waals surface area contributed by atoms with Gasteiger partial charge >= 0.3 is 5.97 Å². The van der Waals surface area contributed by atoms with E-state index < -0.39 is 10.9 Å². The van der Waals surface area contributed by atoms with E-state index in [4.69, 9.17) is 4.74 Å². The lowest BCUT2D eigenvalue weighted by atomic mass is 10.3. The number of para-hydroxylation sites is 1. The van der Waals surface area contributed by atoms with Gasteiger partial charge in [-0.1, -0.05) is 12.1 Å². The summed E-state index contributed by atoms with van der Waals surface area (Å²) in [6, 6.07) is 6.37. The van der Waals surface area contributed by atoms with E-state index in [0.717, 1.165) is 24.6 Å². The molecule has 0 radical (unpaired) electrons. The van der Waals surface area contributed by atoms with Crippen LogP contribution in [0.2, 0.25) is 0 Å². The Kier molecular flexibility index (Phi) is 5.15. The third-order valence-corrected chi connectivity index (χ3v) is 3.75. The van der Waals surface area contributed by atoms with E-state index in [9.17, 15) is 19.7 Å². The zero-order valence-corrected chi connectivity index (χ0v) is 11.9. The Balaban J connectivity index is 1.75. The molecule has 1 aliphatic rings. The van der Waals surface area contributed by atoms with Crippen LogP contribution in [0.4, 0.5) is 5.69 Å². The Hall–Kier alpha value is -2.09. The predicted molar refractivity (Wildman–Crippen MR) is 75.9 cm³/mol. The topological polar surface area (TPSA) is 98.5 Å². The van der Waals surface area contributed by atoms with Crippen LogP contribution in [0.5, 0.6) is 0 Å². The van der Waals surface area contributed by atoms with E-state index in [1.165, 1.54) is 6.07 Å². The second kappa shape index (κ2) is 7.07. The number of nitro groups is 1. The summed E-state index contributed by atoms with van der Waals surface area (Å²) in [6.07, 6.45) is 1.93. The standard InChI is InChI=1S/C13H14N2O5S/c16-12(14-9-5-6-9)7-20-13(17)8-21-11-4-2-1-3-10(11)15(18)19/h1-4,9H,5-8H2,(H,14,16). The molecule has 0 saturated heterocycles. The maximum Gasteiger partial charge on any atom is 0.316 e. The maximum absolute atomic E-state index is 11.5. The van der Waals surface area contributed by atoms with E-state index in [2.05, 4.69) is 5.32 Å². The number of nitrogens with zero attached hydrogens (tertiary/aromatic N) is 1. The van der Waals surface area contributed by atoms with Gasteiger partial charge < -0.3 is 10.1 Å². The van der Waals surface area contributed by atoms with Crippen molar-refractivity contribution in [1.82, 2.24) is 5.32 Å². The molecule has 0 atom stereocenters. The van der Waals surface area contributed by atoms with Crippen molar-refractivity contribution >= 4 is 29.3 Å². The number of ether oxygens (including phenoxy) is 1. The number of amides is 1. The molecule has 0 unspecified atom stereocenters. The molecule has 1 saturated carbocycles. The molecule has 1 N–H and O–H groups in total. The molecular weight excluding hydrogens is 296 g/mol. The Morgan fingerprint density at radius 2 is 2.10 bits per heavy atom. The number of carbonyl (C=O) groups is 2. The minimum absolute atomic E-state index is 0.0539. The molecule has 0 aliphatic heterocycles. The average molecular weight is 310 g/mol. The largest absolute Gasteiger partial charge is 0.455 e. The molecule has 112 valence electrons. The summed E-state index contributed by atoms with van der Waals surface area (Å²) in [4.78, 5) is 33.5. The normalized spacial score (nSPS) is 13.5. The van der Waals surface area contributed by atoms with Crippen LogP contribution < -0.4 is 5.32 Å². The zero-order valence-electron chi connectivity index (χ0n) is 11.1. The number of nitrogens with one attached hydrogen (secondary N) is 1. The number of rotatable bonds is 7. The Labute approximate surface area is 125 Å². The Morgan fingerprint density at radius 3 is 2.76 bits per heavy atom. The lowest BCUT2D eigenvalue weighted by Crippen LogP contribution is -2.30. The van der Waals surface area contributed by atoms with Crippen LogP contribution in [-0.4, -0.2) is 35.2 Å². The van der Waals surface area contributed by atoms with Crippen LogP contribution in [0.25, 0.3) is 0 Å². The minimum atomic E-state index is -0.580. The number of hydrogen-bond acceptors (Lipinski definition) is 6. The molecule has 0 aromatic heterocycles. The van der Waals surface area contributed by atoms with Crippen molar-refractivity contribution in [3.8, 4) is 0 Å². The predicted octanol–water partition coefficient (Wildman–Crippen LogP) is 1.51. The average Bonchev–Trinajstić information content (AvgIpc) is 3.27. The maximum atomic E-state index is 11.5. The highest BCUT2D eigenvalue weighted by Gasteiger charge is 2.23. The molecular formula is C13H14N2O5S. The lowest BCUT2D eigenvalue weighted by molar-refractivity contribution is -0.387. The van der Waals surface area contributed by atoms with E-state index in [0.29, 0.717) is 4.90 Å². The molecule has 1 aliphatic carbocycles. The summed E-state index contributed by atoms with van der Waals surface area (Å²) in [7, 11) is 0. The summed E-state index contributed by atoms with van der Waals surface area (Å²) >= 11 is 1.01. The smallest absolute Gasteiger partial charge is 0.316 e. The van der Waals surface area contributed by atoms with E-state index in [-0.39, 0.29) is 30.0 Å². The van der Waals surface area contributed by atoms with Crippen molar-refractivity contribution in [3.63, 3.8) is 0 Å². The van der Waals surface area contributed by atoms with Gasteiger partial charge in [-0.15, -0.1) is 11.8 Å². The molecule has 7 nitrogen and oxygen atoms in total. The first-order valence-corrected chi connectivity index (χ1v) is 7.36. The fourth-order valence-corrected chi connectivity index (χ4v) is 2.37. The molecule has 21 heavy (non-hydrogen) atoms. The van der Waals surface area contributed by atoms with Crippen LogP contribution in [0.1, 0.15) is 12.8 Å². The molecule has 0 bridgehead atoms. The van der Waals surface area contributed by atoms with Gasteiger partial charge in [0.1, 0.15) is 0 Å². The molecule has 1 aromatic rings. The van der Waals surface area contributed by atoms with Gasteiger partial charge in [0.25, 0.3) is 11.6 Å². The number of carbonyl (C=O) groups excluding carboxylic acids is 2. The molecule has 0 spiro atoms. The van der Waals surface area contributed by atoms with Crippen molar-refractivity contribution in [1.29, 1.82) is 0 Å². The SMILES string of the molecule is O=C(COC(=O)CSc1ccccc1[N+](=O)[O-])NC1CC1. The summed E-state index contributed by atoms with van der Waals surface area (Å²) < 4.78 is 4.81. The van der Waals surface area contributed by atoms with Gasteiger partial charge in [0, 0.05) is 12.1 Å². The first-order valence-electron chi connectivity index (χ1n) is 6.37. The third-order valence-electron chi connectivity index (χ3n) is 2.71. The quantitative estimate of drug-likeness (QED) is 0.355. The van der Waals surface area contributed by atoms with Crippen LogP contribution in [-0.2, 0) is 14.3 Å². The van der Waals surface area contributed by atoms with Crippen molar-refractivity contribution in [2.75, 3.05) is 12.4 Å². The van der Waals surface area contributed by atoms with Gasteiger partial charge in [0.05, 0.1) is 15.6 Å². The number of hydrogen-bond donors (Lipinski definition) is 1. The number of nitro benzene ring substituents is 1. The van der Waals surface area contributed by atoms with E-state index in [1.807, 2.05) is 0 Å². The molecule has 1 amide bonds. The van der Waals surface area contributed by atoms with Gasteiger partial charge in [-0.25, -0.2) is 0 Å². The first-order chi connectivity index (χ1) is 10.1. The van der Waals surface area contributed by atoms with Crippen LogP contribution >= 0.6 is 11.8 Å². The van der Waals surface area contributed by atoms with Gasteiger partial charge in [-0.05, 0) is 18.9 Å². The molecule has 8 heteroatoms. The van der Waals surface area contributed by atoms with Crippen LogP contribution in [0, 0.1) is 10.1 Å². The van der Waals surface area contributed by atoms with Crippen molar-refractivity contribution < 1.29 is 19.2 Å². The number of benzene rings is 1. The van der Waals surface area contributed by atoms with E-state index >= 15 is 0 Å². The molecule has 1 aromatic carbocycles. The summed E-state index contributed by atoms with van der Waals surface area (Å²) in [5.74, 6) is -0.979. The Morgan fingerprint density at radius 1 is 1.38 bits per heavy atom.